The van der Waals surface area contributed by atoms with Crippen LogP contribution in [0.2, 0.25) is 0 Å². The Balaban J connectivity index is 1.62. The highest BCUT2D eigenvalue weighted by Gasteiger charge is 2.38. The Morgan fingerprint density at radius 1 is 1.37 bits per heavy atom. The van der Waals surface area contributed by atoms with Crippen molar-refractivity contribution in [1.82, 2.24) is 5.32 Å². The van der Waals surface area contributed by atoms with Crippen molar-refractivity contribution < 1.29 is 9.47 Å². The monoisotopic (exact) mass is 286 g/mol. The molecule has 1 N–H and O–H groups in total. The van der Waals surface area contributed by atoms with Crippen LogP contribution in [0.1, 0.15) is 33.1 Å². The lowest BCUT2D eigenvalue weighted by Crippen LogP contribution is -2.48. The lowest BCUT2D eigenvalue weighted by Gasteiger charge is -2.32. The van der Waals surface area contributed by atoms with E-state index < -0.39 is 0 Å². The molecule has 5 heteroatoms. The summed E-state index contributed by atoms with van der Waals surface area (Å²) in [6.07, 6.45) is 3.33. The van der Waals surface area contributed by atoms with Crippen LogP contribution >= 0.6 is 11.8 Å². The molecule has 4 nitrogen and oxygen atoms in total. The molecule has 0 saturated carbocycles. The van der Waals surface area contributed by atoms with Gasteiger partial charge >= 0.3 is 0 Å². The van der Waals surface area contributed by atoms with Gasteiger partial charge in [-0.25, -0.2) is 0 Å². The Hall–Kier alpha value is -0.260. The lowest BCUT2D eigenvalue weighted by atomic mass is 9.93. The molecule has 1 spiro atoms. The van der Waals surface area contributed by atoms with Crippen molar-refractivity contribution in [3.05, 3.63) is 0 Å². The van der Waals surface area contributed by atoms with Crippen LogP contribution in [0.3, 0.4) is 0 Å². The van der Waals surface area contributed by atoms with Crippen LogP contribution in [0.5, 0.6) is 0 Å². The maximum Gasteiger partial charge on any atom is 0.157 e. The van der Waals surface area contributed by atoms with Crippen molar-refractivity contribution in [2.75, 3.05) is 38.7 Å². The van der Waals surface area contributed by atoms with E-state index in [4.69, 9.17) is 9.47 Å². The highest BCUT2D eigenvalue weighted by atomic mass is 32.2. The molecule has 0 aromatic heterocycles. The van der Waals surface area contributed by atoms with Crippen molar-refractivity contribution in [3.63, 3.8) is 0 Å². The summed E-state index contributed by atoms with van der Waals surface area (Å²) in [5, 5.41) is 4.68. The van der Waals surface area contributed by atoms with Gasteiger partial charge in [-0.2, -0.15) is 0 Å². The van der Waals surface area contributed by atoms with E-state index in [2.05, 4.69) is 24.2 Å². The number of hydrogen-bond donors (Lipinski definition) is 1. The van der Waals surface area contributed by atoms with Crippen LogP contribution in [0, 0.1) is 5.92 Å². The van der Waals surface area contributed by atoms with Gasteiger partial charge in [-0.15, -0.1) is 0 Å². The Morgan fingerprint density at radius 2 is 2.16 bits per heavy atom. The highest BCUT2D eigenvalue weighted by molar-refractivity contribution is 8.14. The fraction of sp³-hybridized carbons (Fsp3) is 0.929. The molecule has 0 aliphatic carbocycles. The summed E-state index contributed by atoms with van der Waals surface area (Å²) in [4.78, 5) is 4.59. The average molecular weight is 286 g/mol. The second-order valence-electron chi connectivity index (χ2n) is 5.79. The van der Waals surface area contributed by atoms with Gasteiger partial charge in [0.1, 0.15) is 0 Å². The molecule has 2 aliphatic heterocycles. The first-order chi connectivity index (χ1) is 9.20. The summed E-state index contributed by atoms with van der Waals surface area (Å²) in [6.45, 7) is 8.53. The minimum atomic E-state index is 0.250. The summed E-state index contributed by atoms with van der Waals surface area (Å²) >= 11 is 1.84. The third kappa shape index (κ3) is 4.97. The third-order valence-corrected chi connectivity index (χ3v) is 4.84. The predicted octanol–water partition coefficient (Wildman–Crippen LogP) is 2.29. The summed E-state index contributed by atoms with van der Waals surface area (Å²) in [5.74, 6) is 1.84. The summed E-state index contributed by atoms with van der Waals surface area (Å²) in [7, 11) is 0. The summed E-state index contributed by atoms with van der Waals surface area (Å²) < 4.78 is 11.0. The quantitative estimate of drug-likeness (QED) is 0.761. The highest BCUT2D eigenvalue weighted by Crippen LogP contribution is 2.31. The number of nitrogens with zero attached hydrogens (tertiary/aromatic N) is 1. The van der Waals surface area contributed by atoms with E-state index in [-0.39, 0.29) is 5.54 Å². The molecule has 0 unspecified atom stereocenters. The van der Waals surface area contributed by atoms with Gasteiger partial charge in [0.2, 0.25) is 0 Å². The molecule has 0 amide bonds. The topological polar surface area (TPSA) is 42.8 Å². The maximum atomic E-state index is 5.58. The van der Waals surface area contributed by atoms with Gasteiger partial charge in [0.05, 0.1) is 18.7 Å². The number of ether oxygens (including phenoxy) is 2. The van der Waals surface area contributed by atoms with Crippen molar-refractivity contribution in [1.29, 1.82) is 0 Å². The number of thioether (sulfide) groups is 1. The van der Waals surface area contributed by atoms with Crippen LogP contribution in [0.25, 0.3) is 0 Å². The van der Waals surface area contributed by atoms with Gasteiger partial charge < -0.3 is 14.8 Å². The maximum absolute atomic E-state index is 5.58. The van der Waals surface area contributed by atoms with Crippen LogP contribution in [0.15, 0.2) is 4.99 Å². The molecule has 0 aromatic carbocycles. The molecule has 2 rings (SSSR count). The van der Waals surface area contributed by atoms with E-state index in [9.17, 15) is 0 Å². The number of rotatable bonds is 6. The number of aliphatic imine (C=N–C) groups is 1. The van der Waals surface area contributed by atoms with Crippen LogP contribution in [-0.4, -0.2) is 49.4 Å². The van der Waals surface area contributed by atoms with E-state index in [1.165, 1.54) is 0 Å². The van der Waals surface area contributed by atoms with E-state index in [1.54, 1.807) is 0 Å². The zero-order chi connectivity index (χ0) is 13.6. The van der Waals surface area contributed by atoms with Gasteiger partial charge in [-0.05, 0) is 25.2 Å². The van der Waals surface area contributed by atoms with Gasteiger partial charge in [-0.1, -0.05) is 25.6 Å². The van der Waals surface area contributed by atoms with E-state index >= 15 is 0 Å². The van der Waals surface area contributed by atoms with Crippen molar-refractivity contribution in [2.45, 2.75) is 38.6 Å². The molecule has 0 atom stereocenters. The number of hydrogen-bond acceptors (Lipinski definition) is 4. The van der Waals surface area contributed by atoms with Crippen LogP contribution in [-0.2, 0) is 9.47 Å². The minimum Gasteiger partial charge on any atom is -0.381 e. The second kappa shape index (κ2) is 7.50. The molecule has 110 valence electrons. The molecule has 0 aromatic rings. The van der Waals surface area contributed by atoms with Crippen LogP contribution in [0.4, 0.5) is 0 Å². The normalized spacial score (nSPS) is 24.3. The SMILES string of the molecule is CC(C)CCOCCN=C1NC2(CCOCC2)CS1. The predicted molar refractivity (Wildman–Crippen MR) is 81.0 cm³/mol. The second-order valence-corrected chi connectivity index (χ2v) is 6.75. The molecular weight excluding hydrogens is 260 g/mol. The Labute approximate surface area is 120 Å². The minimum absolute atomic E-state index is 0.250. The number of amidine groups is 1. The number of nitrogens with one attached hydrogen (secondary N) is 1. The molecule has 19 heavy (non-hydrogen) atoms. The lowest BCUT2D eigenvalue weighted by molar-refractivity contribution is 0.0555. The van der Waals surface area contributed by atoms with E-state index in [1.807, 2.05) is 11.8 Å². The summed E-state index contributed by atoms with van der Waals surface area (Å²) in [5.41, 5.74) is 0.250. The van der Waals surface area contributed by atoms with Gasteiger partial charge in [0.15, 0.2) is 5.17 Å². The zero-order valence-corrected chi connectivity index (χ0v) is 12.9. The smallest absolute Gasteiger partial charge is 0.157 e. The molecule has 2 saturated heterocycles. The fourth-order valence-electron chi connectivity index (χ4n) is 2.25. The molecule has 2 aliphatic rings. The van der Waals surface area contributed by atoms with Crippen molar-refractivity contribution >= 4 is 16.9 Å². The van der Waals surface area contributed by atoms with Crippen LogP contribution < -0.4 is 5.32 Å². The first-order valence-electron chi connectivity index (χ1n) is 7.31. The van der Waals surface area contributed by atoms with E-state index in [0.717, 1.165) is 63.2 Å². The Bertz CT molecular complexity index is 302. The van der Waals surface area contributed by atoms with Crippen molar-refractivity contribution in [3.8, 4) is 0 Å². The molecule has 0 radical (unpaired) electrons. The van der Waals surface area contributed by atoms with Gasteiger partial charge in [-0.3, -0.25) is 4.99 Å². The van der Waals surface area contributed by atoms with Gasteiger partial charge in [0, 0.05) is 25.6 Å². The standard InChI is InChI=1S/C14H26N2O2S/c1-12(2)3-7-17-10-6-15-13-16-14(11-19-13)4-8-18-9-5-14/h12H,3-11H2,1-2H3,(H,15,16). The third-order valence-electron chi connectivity index (χ3n) is 3.64. The Morgan fingerprint density at radius 3 is 2.89 bits per heavy atom. The fourth-order valence-corrected chi connectivity index (χ4v) is 3.50. The molecule has 0 bridgehead atoms. The molecular formula is C14H26N2O2S. The molecule has 2 fully saturated rings. The average Bonchev–Trinajstić information content (AvgIpc) is 2.77. The largest absolute Gasteiger partial charge is 0.381 e. The summed E-state index contributed by atoms with van der Waals surface area (Å²) in [6, 6.07) is 0. The Kier molecular flexibility index (Phi) is 5.98. The van der Waals surface area contributed by atoms with E-state index in [0.29, 0.717) is 5.92 Å². The first kappa shape index (κ1) is 15.1. The van der Waals surface area contributed by atoms with Gasteiger partial charge in [0.25, 0.3) is 0 Å². The molecule has 2 heterocycles. The zero-order valence-electron chi connectivity index (χ0n) is 12.1. The first-order valence-corrected chi connectivity index (χ1v) is 8.30. The van der Waals surface area contributed by atoms with Crippen molar-refractivity contribution in [2.24, 2.45) is 10.9 Å².